The lowest BCUT2D eigenvalue weighted by molar-refractivity contribution is -0.119. The van der Waals surface area contributed by atoms with E-state index in [4.69, 9.17) is 4.74 Å². The summed E-state index contributed by atoms with van der Waals surface area (Å²) in [7, 11) is -3.67. The van der Waals surface area contributed by atoms with Crippen molar-refractivity contribution in [2.24, 2.45) is 0 Å². The summed E-state index contributed by atoms with van der Waals surface area (Å²) in [6, 6.07) is 13.2. The monoisotopic (exact) mass is 444 g/mol. The van der Waals surface area contributed by atoms with E-state index in [9.17, 15) is 18.0 Å². The summed E-state index contributed by atoms with van der Waals surface area (Å²) < 4.78 is 32.4. The normalized spacial score (nSPS) is 15.1. The van der Waals surface area contributed by atoms with E-state index in [1.54, 1.807) is 12.1 Å². The fourth-order valence-electron chi connectivity index (χ4n) is 3.45. The average Bonchev–Trinajstić information content (AvgIpc) is 3.08. The highest BCUT2D eigenvalue weighted by atomic mass is 32.2. The molecule has 1 fully saturated rings. The lowest BCUT2D eigenvalue weighted by Gasteiger charge is -2.20. The molecule has 0 aliphatic carbocycles. The van der Waals surface area contributed by atoms with Crippen LogP contribution in [0.5, 0.6) is 0 Å². The van der Waals surface area contributed by atoms with Gasteiger partial charge < -0.3 is 10.1 Å². The van der Waals surface area contributed by atoms with Crippen LogP contribution in [0.25, 0.3) is 0 Å². The van der Waals surface area contributed by atoms with E-state index >= 15 is 0 Å². The van der Waals surface area contributed by atoms with Crippen molar-refractivity contribution in [1.82, 2.24) is 4.31 Å². The van der Waals surface area contributed by atoms with Crippen molar-refractivity contribution in [2.45, 2.75) is 43.9 Å². The van der Waals surface area contributed by atoms with Crippen LogP contribution in [0.1, 0.15) is 48.5 Å². The first-order chi connectivity index (χ1) is 14.9. The summed E-state index contributed by atoms with van der Waals surface area (Å²) in [6.07, 6.45) is 4.60. The van der Waals surface area contributed by atoms with Crippen LogP contribution in [-0.4, -0.2) is 44.3 Å². The lowest BCUT2D eigenvalue weighted by atomic mass is 10.1. The third-order valence-corrected chi connectivity index (χ3v) is 7.15. The fraction of sp³-hybridized carbons (Fsp3) is 0.391. The smallest absolute Gasteiger partial charge is 0.338 e. The summed E-state index contributed by atoms with van der Waals surface area (Å²) in [4.78, 5) is 24.5. The van der Waals surface area contributed by atoms with Crippen LogP contribution in [0.4, 0.5) is 5.69 Å². The highest BCUT2D eigenvalue weighted by Gasteiger charge is 2.26. The molecule has 0 saturated carbocycles. The zero-order valence-corrected chi connectivity index (χ0v) is 18.5. The highest BCUT2D eigenvalue weighted by Crippen LogP contribution is 2.21. The number of nitrogens with one attached hydrogen (secondary N) is 1. The molecule has 8 heteroatoms. The zero-order chi connectivity index (χ0) is 22.3. The number of carbonyl (C=O) groups is 2. The van der Waals surface area contributed by atoms with E-state index in [1.165, 1.54) is 28.6 Å². The molecule has 3 rings (SSSR count). The number of hydrogen-bond donors (Lipinski definition) is 1. The maximum Gasteiger partial charge on any atom is 0.338 e. The largest absolute Gasteiger partial charge is 0.452 e. The van der Waals surface area contributed by atoms with Crippen molar-refractivity contribution in [3.05, 3.63) is 59.7 Å². The van der Waals surface area contributed by atoms with E-state index in [-0.39, 0.29) is 10.5 Å². The van der Waals surface area contributed by atoms with Crippen molar-refractivity contribution in [1.29, 1.82) is 0 Å². The van der Waals surface area contributed by atoms with Gasteiger partial charge in [0.1, 0.15) is 0 Å². The second-order valence-electron chi connectivity index (χ2n) is 7.52. The Morgan fingerprint density at radius 3 is 2.32 bits per heavy atom. The van der Waals surface area contributed by atoms with Gasteiger partial charge in [0, 0.05) is 18.8 Å². The number of esters is 1. The standard InChI is InChI=1S/C23H28N2O5S/c1-2-18-10-12-20(13-11-18)24-22(26)17-30-23(27)19-8-7-9-21(16-19)31(28,29)25-14-5-3-4-6-15-25/h7-13,16H,2-6,14-15,17H2,1H3,(H,24,26). The molecule has 1 aliphatic rings. The van der Waals surface area contributed by atoms with Crippen LogP contribution in [-0.2, 0) is 26.0 Å². The predicted octanol–water partition coefficient (Wildman–Crippen LogP) is 3.61. The molecule has 1 heterocycles. The highest BCUT2D eigenvalue weighted by molar-refractivity contribution is 7.89. The van der Waals surface area contributed by atoms with Gasteiger partial charge in [-0.3, -0.25) is 4.79 Å². The Kier molecular flexibility index (Phi) is 7.81. The molecule has 31 heavy (non-hydrogen) atoms. The van der Waals surface area contributed by atoms with Crippen LogP contribution in [0.15, 0.2) is 53.4 Å². The van der Waals surface area contributed by atoms with Gasteiger partial charge in [-0.2, -0.15) is 4.31 Å². The summed E-state index contributed by atoms with van der Waals surface area (Å²) in [6.45, 7) is 2.55. The van der Waals surface area contributed by atoms with Crippen molar-refractivity contribution >= 4 is 27.6 Å². The first kappa shape index (κ1) is 23.0. The number of sulfonamides is 1. The molecule has 1 amide bonds. The molecule has 0 unspecified atom stereocenters. The first-order valence-electron chi connectivity index (χ1n) is 10.6. The minimum Gasteiger partial charge on any atom is -0.452 e. The molecule has 166 valence electrons. The van der Waals surface area contributed by atoms with Gasteiger partial charge in [0.2, 0.25) is 10.0 Å². The number of hydrogen-bond acceptors (Lipinski definition) is 5. The van der Waals surface area contributed by atoms with Gasteiger partial charge in [-0.1, -0.05) is 38.0 Å². The number of rotatable bonds is 7. The van der Waals surface area contributed by atoms with Gasteiger partial charge in [0.25, 0.3) is 5.91 Å². The summed E-state index contributed by atoms with van der Waals surface area (Å²) in [5.41, 5.74) is 1.86. The Morgan fingerprint density at radius 2 is 1.68 bits per heavy atom. The summed E-state index contributed by atoms with van der Waals surface area (Å²) in [5, 5.41) is 2.67. The number of ether oxygens (including phenoxy) is 1. The van der Waals surface area contributed by atoms with Gasteiger partial charge in [-0.25, -0.2) is 13.2 Å². The third-order valence-electron chi connectivity index (χ3n) is 5.25. The topological polar surface area (TPSA) is 92.8 Å². The molecule has 2 aromatic carbocycles. The third kappa shape index (κ3) is 6.15. The zero-order valence-electron chi connectivity index (χ0n) is 17.7. The molecular formula is C23H28N2O5S. The predicted molar refractivity (Wildman–Crippen MR) is 118 cm³/mol. The van der Waals surface area contributed by atoms with Crippen molar-refractivity contribution < 1.29 is 22.7 Å². The van der Waals surface area contributed by atoms with E-state index in [0.29, 0.717) is 18.8 Å². The van der Waals surface area contributed by atoms with Crippen LogP contribution in [0.3, 0.4) is 0 Å². The van der Waals surface area contributed by atoms with Gasteiger partial charge in [0.05, 0.1) is 10.5 Å². The number of benzene rings is 2. The Balaban J connectivity index is 1.60. The molecule has 0 radical (unpaired) electrons. The van der Waals surface area contributed by atoms with Crippen LogP contribution >= 0.6 is 0 Å². The molecule has 7 nitrogen and oxygen atoms in total. The van der Waals surface area contributed by atoms with E-state index in [0.717, 1.165) is 37.7 Å². The van der Waals surface area contributed by atoms with E-state index < -0.39 is 28.5 Å². The molecule has 0 bridgehead atoms. The Bertz CT molecular complexity index is 1010. The Morgan fingerprint density at radius 1 is 1.00 bits per heavy atom. The van der Waals surface area contributed by atoms with Crippen LogP contribution < -0.4 is 5.32 Å². The van der Waals surface area contributed by atoms with Gasteiger partial charge in [-0.15, -0.1) is 0 Å². The second kappa shape index (κ2) is 10.5. The van der Waals surface area contributed by atoms with Gasteiger partial charge in [0.15, 0.2) is 6.61 Å². The number of nitrogens with zero attached hydrogens (tertiary/aromatic N) is 1. The lowest BCUT2D eigenvalue weighted by Crippen LogP contribution is -2.32. The fourth-order valence-corrected chi connectivity index (χ4v) is 5.01. The summed E-state index contributed by atoms with van der Waals surface area (Å²) >= 11 is 0. The van der Waals surface area contributed by atoms with Crippen LogP contribution in [0.2, 0.25) is 0 Å². The molecule has 1 aliphatic heterocycles. The maximum absolute atomic E-state index is 12.9. The maximum atomic E-state index is 12.9. The van der Waals surface area contributed by atoms with Crippen molar-refractivity contribution in [3.63, 3.8) is 0 Å². The number of aryl methyl sites for hydroxylation is 1. The average molecular weight is 445 g/mol. The quantitative estimate of drug-likeness (QED) is 0.659. The Labute approximate surface area is 183 Å². The second-order valence-corrected chi connectivity index (χ2v) is 9.46. The number of carbonyl (C=O) groups excluding carboxylic acids is 2. The molecule has 1 N–H and O–H groups in total. The van der Waals surface area contributed by atoms with Crippen molar-refractivity contribution in [2.75, 3.05) is 25.0 Å². The minimum atomic E-state index is -3.67. The number of anilines is 1. The molecule has 0 aromatic heterocycles. The Hall–Kier alpha value is -2.71. The van der Waals surface area contributed by atoms with E-state index in [2.05, 4.69) is 5.32 Å². The first-order valence-corrected chi connectivity index (χ1v) is 12.0. The van der Waals surface area contributed by atoms with Gasteiger partial charge >= 0.3 is 5.97 Å². The molecule has 1 saturated heterocycles. The summed E-state index contributed by atoms with van der Waals surface area (Å²) in [5.74, 6) is -1.21. The van der Waals surface area contributed by atoms with E-state index in [1.807, 2.05) is 19.1 Å². The minimum absolute atomic E-state index is 0.0596. The molecule has 2 aromatic rings. The molecular weight excluding hydrogens is 416 g/mol. The number of amides is 1. The van der Waals surface area contributed by atoms with Gasteiger partial charge in [-0.05, 0) is 55.2 Å². The molecule has 0 atom stereocenters. The van der Waals surface area contributed by atoms with Crippen molar-refractivity contribution in [3.8, 4) is 0 Å². The SMILES string of the molecule is CCc1ccc(NC(=O)COC(=O)c2cccc(S(=O)(=O)N3CCCCCC3)c2)cc1. The molecule has 0 spiro atoms. The van der Waals surface area contributed by atoms with Crippen LogP contribution in [0, 0.1) is 0 Å².